The molecule has 0 atom stereocenters. The third-order valence-electron chi connectivity index (χ3n) is 21.1. The molecule has 6 aliphatic carbocycles. The zero-order chi connectivity index (χ0) is 67.2. The summed E-state index contributed by atoms with van der Waals surface area (Å²) in [6.07, 6.45) is 60.7. The number of hydrogen-bond donors (Lipinski definition) is 2. The topological polar surface area (TPSA) is 27.3 Å². The van der Waals surface area contributed by atoms with Crippen LogP contribution >= 0.6 is 0 Å². The number of hydrogen-bond acceptors (Lipinski definition) is 3. The molecular formula is C92H141N3. The number of anilines is 2. The molecule has 14 rings (SSSR count). The Morgan fingerprint density at radius 1 is 0.421 bits per heavy atom. The maximum Gasteiger partial charge on any atom is 0.0372 e. The normalized spacial score (nSPS) is 17.8. The molecule has 6 aromatic carbocycles. The van der Waals surface area contributed by atoms with Crippen LogP contribution in [0.2, 0.25) is 0 Å². The highest BCUT2D eigenvalue weighted by molar-refractivity contribution is 5.52. The quantitative estimate of drug-likeness (QED) is 0.106. The fourth-order valence-electron chi connectivity index (χ4n) is 15.2. The summed E-state index contributed by atoms with van der Waals surface area (Å²) in [7, 11) is 1.95. The lowest BCUT2D eigenvalue weighted by Crippen LogP contribution is -2.29. The van der Waals surface area contributed by atoms with Crippen molar-refractivity contribution in [3.05, 3.63) is 216 Å². The van der Waals surface area contributed by atoms with Crippen molar-refractivity contribution < 1.29 is 0 Å². The van der Waals surface area contributed by atoms with Crippen LogP contribution in [0, 0.1) is 17.8 Å². The maximum absolute atomic E-state index is 3.98. The summed E-state index contributed by atoms with van der Waals surface area (Å²) in [6.45, 7) is 17.8. The zero-order valence-electron chi connectivity index (χ0n) is 61.9. The number of fused-ring (bicyclic) bond motifs is 2. The number of nitrogens with one attached hydrogen (secondary N) is 2. The van der Waals surface area contributed by atoms with Crippen LogP contribution in [0.3, 0.4) is 0 Å². The van der Waals surface area contributed by atoms with Gasteiger partial charge >= 0.3 is 0 Å². The van der Waals surface area contributed by atoms with E-state index >= 15 is 0 Å². The summed E-state index contributed by atoms with van der Waals surface area (Å²) >= 11 is 0. The van der Waals surface area contributed by atoms with Gasteiger partial charge in [-0.25, -0.2) is 0 Å². The van der Waals surface area contributed by atoms with Gasteiger partial charge in [-0.3, -0.25) is 0 Å². The van der Waals surface area contributed by atoms with Crippen molar-refractivity contribution in [2.45, 2.75) is 303 Å². The highest BCUT2D eigenvalue weighted by Gasteiger charge is 2.32. The minimum absolute atomic E-state index is 0.0685. The number of piperidine rings is 1. The average Bonchev–Trinajstić information content (AvgIpc) is 0.845. The van der Waals surface area contributed by atoms with Crippen molar-refractivity contribution in [1.82, 2.24) is 5.32 Å². The monoisotopic (exact) mass is 1290 g/mol. The molecule has 1 saturated heterocycles. The largest absolute Gasteiger partial charge is 0.385 e. The summed E-state index contributed by atoms with van der Waals surface area (Å²) in [5.74, 6) is 3.16. The number of benzene rings is 6. The number of para-hydroxylation sites is 2. The van der Waals surface area contributed by atoms with Crippen molar-refractivity contribution in [3.8, 4) is 0 Å². The van der Waals surface area contributed by atoms with Crippen LogP contribution in [-0.4, -0.2) is 26.7 Å². The van der Waals surface area contributed by atoms with Crippen molar-refractivity contribution in [3.63, 3.8) is 0 Å². The Balaban J connectivity index is 0.000000195. The Morgan fingerprint density at radius 2 is 0.789 bits per heavy atom. The number of nitrogens with zero attached hydrogens (tertiary/aromatic N) is 1. The van der Waals surface area contributed by atoms with E-state index in [1.807, 2.05) is 25.2 Å². The first kappa shape index (κ1) is 80.3. The summed E-state index contributed by atoms with van der Waals surface area (Å²) in [5, 5.41) is 6.45. The van der Waals surface area contributed by atoms with Gasteiger partial charge in [-0.05, 0) is 147 Å². The first-order valence-electron chi connectivity index (χ1n) is 40.0. The van der Waals surface area contributed by atoms with Crippen LogP contribution in [0.15, 0.2) is 183 Å². The first-order chi connectivity index (χ1) is 46.9. The van der Waals surface area contributed by atoms with Gasteiger partial charge in [0.1, 0.15) is 0 Å². The minimum atomic E-state index is 0.0685. The predicted molar refractivity (Wildman–Crippen MR) is 423 cm³/mol. The Bertz CT molecular complexity index is 2470. The fourth-order valence-corrected chi connectivity index (χ4v) is 15.2. The van der Waals surface area contributed by atoms with Crippen molar-refractivity contribution in [2.75, 3.05) is 36.9 Å². The molecule has 6 fully saturated rings. The number of allylic oxidation sites excluding steroid dienone is 1. The Kier molecular flexibility index (Phi) is 45.3. The van der Waals surface area contributed by atoms with Gasteiger partial charge in [-0.1, -0.05) is 378 Å². The molecule has 5 saturated carbocycles. The highest BCUT2D eigenvalue weighted by Crippen LogP contribution is 2.40. The Morgan fingerprint density at radius 3 is 1.17 bits per heavy atom. The SMILES string of the molecule is C1CCCCC1.C1CCCCCC1.C=CCC(CCC)(c1ccccc1)c1ccccc1.CC1CCCCC1.CC1CCCCC1.CCC1CCCCC1.CNCc1ccccc1.c1ccc(N2CCCCC2)cc1.c1ccc2c(c1)CCCC2.c1ccc2c(c1)CCCN2. The Labute approximate surface area is 586 Å². The lowest BCUT2D eigenvalue weighted by molar-refractivity contribution is 0.349. The van der Waals surface area contributed by atoms with Crippen LogP contribution in [-0.2, 0) is 31.2 Å². The molecule has 0 aromatic heterocycles. The minimum Gasteiger partial charge on any atom is -0.385 e. The smallest absolute Gasteiger partial charge is 0.0372 e. The van der Waals surface area contributed by atoms with E-state index < -0.39 is 0 Å². The molecule has 2 N–H and O–H groups in total. The Hall–Kier alpha value is -5.38. The van der Waals surface area contributed by atoms with Gasteiger partial charge in [0.2, 0.25) is 0 Å². The van der Waals surface area contributed by atoms with Crippen molar-refractivity contribution >= 4 is 11.4 Å². The van der Waals surface area contributed by atoms with E-state index in [-0.39, 0.29) is 5.41 Å². The van der Waals surface area contributed by atoms with E-state index in [1.54, 1.807) is 11.1 Å². The molecule has 0 spiro atoms. The van der Waals surface area contributed by atoms with E-state index in [0.29, 0.717) is 0 Å². The van der Waals surface area contributed by atoms with E-state index in [9.17, 15) is 0 Å². The average molecular weight is 1290 g/mol. The standard InChI is InChI=1S/C19H22.C11H15N.C10H12.C9H11N.C8H11N.C8H16.3C7H14.C6H12/c1-3-15-19(16-4-2,17-11-7-5-8-12-17)18-13-9-6-10-14-18;1-3-7-11(8-4-1)12-9-5-2-6-10-12;1-2-6-10-8-4-3-7-9(10)5-1;1-2-6-9-8(4-1)5-3-7-10-9;1-9-7-8-5-3-2-4-6-8;1-2-8-6-4-3-5-7-8;2*1-7-5-3-2-4-6-7;1-2-4-6-7-5-3-1;1-2-4-6-5-3-1/h3,5-14H,1,4,15-16H2,2H3;1,3-4,7-8H,2,5-6,9-10H2;1-2,5-6H,3-4,7-8H2;1-2,4,6,10H,3,5,7H2;2-6,9H,7H2,1H3;8H,2-7H2,1H3;2*7H,2-6H2,1H3;1-7H2;1-6H2. The second-order valence-corrected chi connectivity index (χ2v) is 29.1. The van der Waals surface area contributed by atoms with Crippen LogP contribution in [0.25, 0.3) is 0 Å². The van der Waals surface area contributed by atoms with Gasteiger partial charge in [0.15, 0.2) is 0 Å². The van der Waals surface area contributed by atoms with E-state index in [4.69, 9.17) is 0 Å². The summed E-state index contributed by atoms with van der Waals surface area (Å²) in [5.41, 5.74) is 11.5. The first-order valence-corrected chi connectivity index (χ1v) is 40.0. The highest BCUT2D eigenvalue weighted by atomic mass is 15.1. The fraction of sp³-hybridized carbons (Fsp3) is 0.587. The molecule has 2 heterocycles. The molecule has 0 amide bonds. The molecule has 0 radical (unpaired) electrons. The lowest BCUT2D eigenvalue weighted by atomic mass is 9.69. The van der Waals surface area contributed by atoms with E-state index in [1.165, 1.54) is 291 Å². The summed E-state index contributed by atoms with van der Waals surface area (Å²) in [6, 6.07) is 60.0. The van der Waals surface area contributed by atoms with Gasteiger partial charge in [-0.15, -0.1) is 6.58 Å². The molecule has 2 aliphatic heterocycles. The van der Waals surface area contributed by atoms with Gasteiger partial charge in [0.05, 0.1) is 0 Å². The molecule has 3 nitrogen and oxygen atoms in total. The molecule has 8 aliphatic rings. The summed E-state index contributed by atoms with van der Waals surface area (Å²) in [4.78, 5) is 2.48. The molecule has 95 heavy (non-hydrogen) atoms. The van der Waals surface area contributed by atoms with Crippen LogP contribution in [0.5, 0.6) is 0 Å². The molecule has 0 unspecified atom stereocenters. The van der Waals surface area contributed by atoms with Crippen LogP contribution in [0.4, 0.5) is 11.4 Å². The number of aryl methyl sites for hydroxylation is 3. The van der Waals surface area contributed by atoms with Gasteiger partial charge < -0.3 is 15.5 Å². The summed E-state index contributed by atoms with van der Waals surface area (Å²) < 4.78 is 0. The van der Waals surface area contributed by atoms with Crippen LogP contribution in [0.1, 0.15) is 305 Å². The lowest BCUT2D eigenvalue weighted by Gasteiger charge is -2.34. The second-order valence-electron chi connectivity index (χ2n) is 29.1. The van der Waals surface area contributed by atoms with E-state index in [2.05, 4.69) is 208 Å². The van der Waals surface area contributed by atoms with Crippen molar-refractivity contribution in [2.24, 2.45) is 17.8 Å². The van der Waals surface area contributed by atoms with Gasteiger partial charge in [-0.2, -0.15) is 0 Å². The molecule has 0 bridgehead atoms. The van der Waals surface area contributed by atoms with Crippen LogP contribution < -0.4 is 15.5 Å². The molecule has 3 heteroatoms. The zero-order valence-corrected chi connectivity index (χ0v) is 61.9. The van der Waals surface area contributed by atoms with Gasteiger partial charge in [0.25, 0.3) is 0 Å². The third kappa shape index (κ3) is 35.6. The maximum atomic E-state index is 3.98. The predicted octanol–water partition coefficient (Wildman–Crippen LogP) is 27.3. The van der Waals surface area contributed by atoms with Gasteiger partial charge in [0, 0.05) is 43.0 Å². The second kappa shape index (κ2) is 53.6. The van der Waals surface area contributed by atoms with E-state index in [0.717, 1.165) is 50.1 Å². The molecule has 524 valence electrons. The molecular weight excluding hydrogens is 1150 g/mol. The molecule has 6 aromatic rings. The number of rotatable bonds is 10. The third-order valence-corrected chi connectivity index (χ3v) is 21.1. The van der Waals surface area contributed by atoms with Crippen molar-refractivity contribution in [1.29, 1.82) is 0 Å².